The van der Waals surface area contributed by atoms with Crippen LogP contribution in [0.25, 0.3) is 16.3 Å². The van der Waals surface area contributed by atoms with E-state index >= 15 is 0 Å². The van der Waals surface area contributed by atoms with E-state index in [4.69, 9.17) is 22.1 Å². The average molecular weight is 492 g/mol. The molecule has 2 N–H and O–H groups in total. The smallest absolute Gasteiger partial charge is 0.138 e. The first kappa shape index (κ1) is 25.3. The molecule has 5 nitrogen and oxygen atoms in total. The van der Waals surface area contributed by atoms with Gasteiger partial charge in [-0.3, -0.25) is 9.80 Å². The second-order valence-corrected chi connectivity index (χ2v) is 9.62. The van der Waals surface area contributed by atoms with Crippen molar-refractivity contribution in [2.45, 2.75) is 38.8 Å². The molecule has 1 heterocycles. The molecule has 184 valence electrons. The molecule has 6 heteroatoms. The van der Waals surface area contributed by atoms with E-state index in [1.807, 2.05) is 36.4 Å². The third kappa shape index (κ3) is 5.88. The maximum absolute atomic E-state index is 12.3. The Morgan fingerprint density at radius 1 is 1.09 bits per heavy atom. The molecule has 1 unspecified atom stereocenters. The fraction of sp³-hybridized carbons (Fsp3) is 0.379. The van der Waals surface area contributed by atoms with E-state index in [2.05, 4.69) is 40.9 Å². The molecule has 0 bridgehead atoms. The number of nitrogen functional groups attached to an aromatic ring is 1. The molecule has 0 amide bonds. The zero-order valence-corrected chi connectivity index (χ0v) is 21.4. The van der Waals surface area contributed by atoms with Crippen molar-refractivity contribution in [1.29, 1.82) is 0 Å². The molecule has 1 saturated heterocycles. The second-order valence-electron chi connectivity index (χ2n) is 9.25. The molecule has 1 fully saturated rings. The van der Waals surface area contributed by atoms with Gasteiger partial charge in [0.1, 0.15) is 11.7 Å². The Hall–Kier alpha value is -2.82. The molecule has 4 rings (SSSR count). The van der Waals surface area contributed by atoms with Gasteiger partial charge in [0.2, 0.25) is 0 Å². The number of ether oxygens (including phenoxy) is 1. The first-order valence-corrected chi connectivity index (χ1v) is 12.7. The van der Waals surface area contributed by atoms with Gasteiger partial charge in [-0.15, -0.1) is 0 Å². The molecule has 1 atom stereocenters. The van der Waals surface area contributed by atoms with Gasteiger partial charge in [0.05, 0.1) is 17.7 Å². The number of anilines is 1. The quantitative estimate of drug-likeness (QED) is 0.308. The van der Waals surface area contributed by atoms with Gasteiger partial charge < -0.3 is 10.5 Å². The van der Waals surface area contributed by atoms with Crippen molar-refractivity contribution >= 4 is 39.6 Å². The van der Waals surface area contributed by atoms with Gasteiger partial charge >= 0.3 is 0 Å². The predicted octanol–water partition coefficient (Wildman–Crippen LogP) is 5.68. The first-order valence-electron chi connectivity index (χ1n) is 12.4. The van der Waals surface area contributed by atoms with Crippen LogP contribution in [0.15, 0.2) is 54.6 Å². The summed E-state index contributed by atoms with van der Waals surface area (Å²) in [4.78, 5) is 17.3. The Morgan fingerprint density at radius 2 is 1.83 bits per heavy atom. The lowest BCUT2D eigenvalue weighted by Crippen LogP contribution is -2.50. The molecule has 1 aliphatic heterocycles. The van der Waals surface area contributed by atoms with E-state index in [1.165, 1.54) is 5.56 Å². The topological polar surface area (TPSA) is 58.8 Å². The largest absolute Gasteiger partial charge is 0.495 e. The summed E-state index contributed by atoms with van der Waals surface area (Å²) in [6, 6.07) is 18.0. The monoisotopic (exact) mass is 491 g/mol. The van der Waals surface area contributed by atoms with Crippen molar-refractivity contribution in [3.05, 3.63) is 70.7 Å². The van der Waals surface area contributed by atoms with Crippen molar-refractivity contribution in [3.8, 4) is 5.75 Å². The van der Waals surface area contributed by atoms with Crippen LogP contribution in [0, 0.1) is 0 Å². The number of rotatable bonds is 9. The molecule has 0 radical (unpaired) electrons. The van der Waals surface area contributed by atoms with Crippen LogP contribution in [-0.2, 0) is 11.3 Å². The van der Waals surface area contributed by atoms with Gasteiger partial charge in [-0.25, -0.2) is 4.79 Å². The summed E-state index contributed by atoms with van der Waals surface area (Å²) >= 11 is 6.51. The maximum atomic E-state index is 12.3. The fourth-order valence-corrected chi connectivity index (χ4v) is 5.25. The zero-order chi connectivity index (χ0) is 24.8. The fourth-order valence-electron chi connectivity index (χ4n) is 4.94. The number of methoxy groups -OCH3 is 1. The normalized spacial score (nSPS) is 15.6. The van der Waals surface area contributed by atoms with Crippen LogP contribution in [0.3, 0.4) is 0 Å². The number of halogens is 1. The van der Waals surface area contributed by atoms with Gasteiger partial charge in [0.15, 0.2) is 0 Å². The maximum Gasteiger partial charge on any atom is 0.138 e. The summed E-state index contributed by atoms with van der Waals surface area (Å²) < 4.78 is 5.35. The summed E-state index contributed by atoms with van der Waals surface area (Å²) in [5.41, 5.74) is 9.54. The summed E-state index contributed by atoms with van der Waals surface area (Å²) in [6.07, 6.45) is 3.10. The van der Waals surface area contributed by atoms with Crippen molar-refractivity contribution < 1.29 is 9.53 Å². The lowest BCUT2D eigenvalue weighted by atomic mass is 9.92. The van der Waals surface area contributed by atoms with E-state index in [9.17, 15) is 4.79 Å². The Balaban J connectivity index is 1.52. The third-order valence-corrected chi connectivity index (χ3v) is 7.35. The van der Waals surface area contributed by atoms with Gasteiger partial charge in [-0.05, 0) is 47.2 Å². The van der Waals surface area contributed by atoms with Crippen molar-refractivity contribution in [2.24, 2.45) is 0 Å². The highest BCUT2D eigenvalue weighted by Gasteiger charge is 2.28. The van der Waals surface area contributed by atoms with E-state index in [1.54, 1.807) is 7.11 Å². The number of piperazine rings is 1. The van der Waals surface area contributed by atoms with Gasteiger partial charge in [0.25, 0.3) is 0 Å². The lowest BCUT2D eigenvalue weighted by Gasteiger charge is -2.39. The molecular formula is C29H34ClN3O2. The summed E-state index contributed by atoms with van der Waals surface area (Å²) in [6.45, 7) is 6.88. The van der Waals surface area contributed by atoms with E-state index in [0.717, 1.165) is 79.6 Å². The molecule has 0 saturated carbocycles. The third-order valence-electron chi connectivity index (χ3n) is 6.96. The molecule has 3 aromatic rings. The zero-order valence-electron chi connectivity index (χ0n) is 20.6. The van der Waals surface area contributed by atoms with Crippen LogP contribution < -0.4 is 10.5 Å². The number of nitrogens with zero attached hydrogens (tertiary/aromatic N) is 2. The highest BCUT2D eigenvalue weighted by atomic mass is 35.5. The van der Waals surface area contributed by atoms with Crippen molar-refractivity contribution in [3.63, 3.8) is 0 Å². The molecule has 0 aliphatic carbocycles. The number of carbonyl (C=O) groups excluding carboxylic acids is 1. The van der Waals surface area contributed by atoms with Crippen LogP contribution in [0.1, 0.15) is 37.3 Å². The SMILES string of the molecule is CCCCC(C(=C=O)c1ccc2c(Cl)c(OC)ccc2c1)N1CCN(Cc2ccc(N)cc2)CC1. The van der Waals surface area contributed by atoms with Gasteiger partial charge in [-0.2, -0.15) is 0 Å². The van der Waals surface area contributed by atoms with Crippen LogP contribution >= 0.6 is 11.6 Å². The molecular weight excluding hydrogens is 458 g/mol. The highest BCUT2D eigenvalue weighted by Crippen LogP contribution is 2.35. The number of hydrogen-bond donors (Lipinski definition) is 1. The Bertz CT molecular complexity index is 1200. The number of unbranched alkanes of at least 4 members (excludes halogenated alkanes) is 1. The number of nitrogens with two attached hydrogens (primary N) is 1. The Morgan fingerprint density at radius 3 is 2.49 bits per heavy atom. The molecule has 0 spiro atoms. The standard InChI is InChI=1S/C29H34ClN3O2/c1-3-4-5-27(33-16-14-32(15-17-33)19-21-6-10-24(31)11-7-21)26(20-34)23-8-12-25-22(18-23)9-13-28(35-2)29(25)30/h6-13,18,27H,3-5,14-17,19,31H2,1-2H3. The van der Waals surface area contributed by atoms with Crippen LogP contribution in [-0.4, -0.2) is 55.1 Å². The summed E-state index contributed by atoms with van der Waals surface area (Å²) in [7, 11) is 1.61. The lowest BCUT2D eigenvalue weighted by molar-refractivity contribution is 0.106. The first-order chi connectivity index (χ1) is 17.0. The molecule has 0 aromatic heterocycles. The second kappa shape index (κ2) is 11.7. The van der Waals surface area contributed by atoms with Crippen LogP contribution in [0.4, 0.5) is 5.69 Å². The van der Waals surface area contributed by atoms with Crippen LogP contribution in [0.2, 0.25) is 5.02 Å². The summed E-state index contributed by atoms with van der Waals surface area (Å²) in [5, 5.41) is 2.50. The highest BCUT2D eigenvalue weighted by molar-refractivity contribution is 6.37. The van der Waals surface area contributed by atoms with Gasteiger partial charge in [0, 0.05) is 49.8 Å². The minimum absolute atomic E-state index is 0.0530. The average Bonchev–Trinajstić information content (AvgIpc) is 2.88. The number of hydrogen-bond acceptors (Lipinski definition) is 5. The molecule has 1 aliphatic rings. The Kier molecular flexibility index (Phi) is 8.48. The summed E-state index contributed by atoms with van der Waals surface area (Å²) in [5.74, 6) is 2.97. The van der Waals surface area contributed by atoms with Crippen molar-refractivity contribution in [1.82, 2.24) is 9.80 Å². The predicted molar refractivity (Wildman–Crippen MR) is 146 cm³/mol. The number of benzene rings is 3. The van der Waals surface area contributed by atoms with Crippen LogP contribution in [0.5, 0.6) is 5.75 Å². The van der Waals surface area contributed by atoms with E-state index in [-0.39, 0.29) is 6.04 Å². The minimum atomic E-state index is 0.0530. The minimum Gasteiger partial charge on any atom is -0.495 e. The van der Waals surface area contributed by atoms with E-state index < -0.39 is 0 Å². The molecule has 3 aromatic carbocycles. The Labute approximate surface area is 213 Å². The molecule has 35 heavy (non-hydrogen) atoms. The van der Waals surface area contributed by atoms with Gasteiger partial charge in [-0.1, -0.05) is 61.7 Å². The van der Waals surface area contributed by atoms with E-state index in [0.29, 0.717) is 10.8 Å². The van der Waals surface area contributed by atoms with Crippen molar-refractivity contribution in [2.75, 3.05) is 39.0 Å². The number of fused-ring (bicyclic) bond motifs is 1.